The summed E-state index contributed by atoms with van der Waals surface area (Å²) in [5, 5.41) is 16.8. The summed E-state index contributed by atoms with van der Waals surface area (Å²) in [4.78, 5) is 18.2. The highest BCUT2D eigenvalue weighted by Crippen LogP contribution is 2.28. The van der Waals surface area contributed by atoms with Gasteiger partial charge >= 0.3 is 0 Å². The SMILES string of the molecule is CCCc1cc(-c2nnc(SCC(=O)Nc3nc(-c4ccccc4)cs3)n2C)cs1. The van der Waals surface area contributed by atoms with Gasteiger partial charge < -0.3 is 9.88 Å². The van der Waals surface area contributed by atoms with E-state index in [1.807, 2.05) is 47.3 Å². The molecule has 1 amide bonds. The van der Waals surface area contributed by atoms with Crippen LogP contribution in [0.1, 0.15) is 18.2 Å². The average molecular weight is 456 g/mol. The third kappa shape index (κ3) is 4.80. The van der Waals surface area contributed by atoms with E-state index in [0.717, 1.165) is 35.5 Å². The summed E-state index contributed by atoms with van der Waals surface area (Å²) in [5.74, 6) is 0.958. The van der Waals surface area contributed by atoms with Crippen molar-refractivity contribution >= 4 is 45.5 Å². The van der Waals surface area contributed by atoms with Crippen LogP contribution in [0.4, 0.5) is 5.13 Å². The lowest BCUT2D eigenvalue weighted by Gasteiger charge is -2.03. The number of thiazole rings is 1. The number of aromatic nitrogens is 4. The minimum atomic E-state index is -0.112. The van der Waals surface area contributed by atoms with E-state index in [1.54, 1.807) is 11.3 Å². The number of thioether (sulfide) groups is 1. The van der Waals surface area contributed by atoms with E-state index in [2.05, 4.69) is 38.9 Å². The van der Waals surface area contributed by atoms with E-state index in [-0.39, 0.29) is 11.7 Å². The zero-order valence-electron chi connectivity index (χ0n) is 16.7. The van der Waals surface area contributed by atoms with Crippen molar-refractivity contribution in [2.75, 3.05) is 11.1 Å². The van der Waals surface area contributed by atoms with E-state index in [1.165, 1.54) is 28.0 Å². The topological polar surface area (TPSA) is 72.7 Å². The third-order valence-corrected chi connectivity index (χ3v) is 7.17. The molecule has 0 spiro atoms. The number of hydrogen-bond donors (Lipinski definition) is 1. The molecule has 9 heteroatoms. The van der Waals surface area contributed by atoms with Crippen molar-refractivity contribution < 1.29 is 4.79 Å². The Labute approximate surface area is 187 Å². The molecule has 0 fully saturated rings. The van der Waals surface area contributed by atoms with E-state index in [9.17, 15) is 4.79 Å². The van der Waals surface area contributed by atoms with E-state index >= 15 is 0 Å². The van der Waals surface area contributed by atoms with Crippen molar-refractivity contribution in [3.05, 3.63) is 52.0 Å². The van der Waals surface area contributed by atoms with Gasteiger partial charge in [0.15, 0.2) is 16.1 Å². The monoisotopic (exact) mass is 455 g/mol. The van der Waals surface area contributed by atoms with Gasteiger partial charge in [-0.15, -0.1) is 32.9 Å². The van der Waals surface area contributed by atoms with Crippen LogP contribution in [0.3, 0.4) is 0 Å². The standard InChI is InChI=1S/C21H21N5OS3/c1-3-7-16-10-15(11-28-16)19-24-25-21(26(19)2)30-13-18(27)23-20-22-17(12-29-20)14-8-5-4-6-9-14/h4-6,8-12H,3,7,13H2,1-2H3,(H,22,23,27). The molecule has 0 radical (unpaired) electrons. The fraction of sp³-hybridized carbons (Fsp3) is 0.238. The summed E-state index contributed by atoms with van der Waals surface area (Å²) in [6.07, 6.45) is 2.20. The fourth-order valence-electron chi connectivity index (χ4n) is 2.93. The fourth-order valence-corrected chi connectivity index (χ4v) is 5.34. The van der Waals surface area contributed by atoms with Crippen molar-refractivity contribution in [1.82, 2.24) is 19.7 Å². The molecule has 1 aromatic carbocycles. The lowest BCUT2D eigenvalue weighted by molar-refractivity contribution is -0.113. The molecule has 4 aromatic rings. The normalized spacial score (nSPS) is 11.0. The largest absolute Gasteiger partial charge is 0.305 e. The van der Waals surface area contributed by atoms with Gasteiger partial charge in [0.05, 0.1) is 11.4 Å². The summed E-state index contributed by atoms with van der Waals surface area (Å²) in [7, 11) is 1.93. The molecule has 154 valence electrons. The van der Waals surface area contributed by atoms with Crippen molar-refractivity contribution in [3.63, 3.8) is 0 Å². The van der Waals surface area contributed by atoms with Crippen LogP contribution in [-0.2, 0) is 18.3 Å². The number of carbonyl (C=O) groups excluding carboxylic acids is 1. The molecular formula is C21H21N5OS3. The maximum absolute atomic E-state index is 12.4. The highest BCUT2D eigenvalue weighted by molar-refractivity contribution is 7.99. The summed E-state index contributed by atoms with van der Waals surface area (Å²) in [6, 6.07) is 12.1. The first-order valence-corrected chi connectivity index (χ1v) is 12.3. The highest BCUT2D eigenvalue weighted by atomic mass is 32.2. The van der Waals surface area contributed by atoms with E-state index in [0.29, 0.717) is 10.3 Å². The molecule has 0 saturated carbocycles. The number of benzene rings is 1. The first-order chi connectivity index (χ1) is 14.6. The number of nitrogens with one attached hydrogen (secondary N) is 1. The van der Waals surface area contributed by atoms with Gasteiger partial charge in [0.25, 0.3) is 0 Å². The number of nitrogens with zero attached hydrogens (tertiary/aromatic N) is 4. The minimum absolute atomic E-state index is 0.112. The Kier molecular flexibility index (Phi) is 6.61. The molecule has 0 bridgehead atoms. The van der Waals surface area contributed by atoms with E-state index < -0.39 is 0 Å². The molecule has 6 nitrogen and oxygen atoms in total. The second-order valence-electron chi connectivity index (χ2n) is 6.66. The van der Waals surface area contributed by atoms with Crippen LogP contribution in [0.2, 0.25) is 0 Å². The smallest absolute Gasteiger partial charge is 0.236 e. The van der Waals surface area contributed by atoms with Crippen molar-refractivity contribution in [2.45, 2.75) is 24.9 Å². The Bertz CT molecular complexity index is 1130. The lowest BCUT2D eigenvalue weighted by Crippen LogP contribution is -2.14. The summed E-state index contributed by atoms with van der Waals surface area (Å²) < 4.78 is 1.94. The van der Waals surface area contributed by atoms with Crippen LogP contribution in [-0.4, -0.2) is 31.4 Å². The first kappa shape index (κ1) is 20.8. The Morgan fingerprint density at radius 1 is 1.13 bits per heavy atom. The quantitative estimate of drug-likeness (QED) is 0.363. The van der Waals surface area contributed by atoms with Gasteiger partial charge in [-0.25, -0.2) is 4.98 Å². The molecule has 3 aromatic heterocycles. The molecular weight excluding hydrogens is 434 g/mol. The number of carbonyl (C=O) groups is 1. The summed E-state index contributed by atoms with van der Waals surface area (Å²) in [6.45, 7) is 2.18. The maximum atomic E-state index is 12.4. The molecule has 0 saturated heterocycles. The minimum Gasteiger partial charge on any atom is -0.305 e. The zero-order valence-corrected chi connectivity index (χ0v) is 19.1. The van der Waals surface area contributed by atoms with Gasteiger partial charge in [-0.3, -0.25) is 4.79 Å². The second-order valence-corrected chi connectivity index (χ2v) is 9.45. The molecule has 0 aliphatic carbocycles. The van der Waals surface area contributed by atoms with Gasteiger partial charge in [-0.1, -0.05) is 55.4 Å². The molecule has 30 heavy (non-hydrogen) atoms. The molecule has 0 aliphatic rings. The second kappa shape index (κ2) is 9.55. The summed E-state index contributed by atoms with van der Waals surface area (Å²) in [5.41, 5.74) is 2.97. The number of hydrogen-bond acceptors (Lipinski definition) is 7. The molecule has 0 unspecified atom stereocenters. The maximum Gasteiger partial charge on any atom is 0.236 e. The van der Waals surface area contributed by atoms with Crippen LogP contribution in [0, 0.1) is 0 Å². The first-order valence-electron chi connectivity index (χ1n) is 9.55. The van der Waals surface area contributed by atoms with Gasteiger partial charge in [-0.2, -0.15) is 0 Å². The average Bonchev–Trinajstić information content (AvgIpc) is 3.48. The molecule has 0 atom stereocenters. The third-order valence-electron chi connectivity index (χ3n) is 4.40. The van der Waals surface area contributed by atoms with Crippen LogP contribution in [0.15, 0.2) is 52.3 Å². The predicted octanol–water partition coefficient (Wildman–Crippen LogP) is 5.35. The van der Waals surface area contributed by atoms with Crippen molar-refractivity contribution in [1.29, 1.82) is 0 Å². The number of rotatable bonds is 8. The Morgan fingerprint density at radius 3 is 2.77 bits per heavy atom. The van der Waals surface area contributed by atoms with Crippen molar-refractivity contribution in [2.24, 2.45) is 7.05 Å². The van der Waals surface area contributed by atoms with Gasteiger partial charge in [0.2, 0.25) is 5.91 Å². The molecule has 3 heterocycles. The highest BCUT2D eigenvalue weighted by Gasteiger charge is 2.15. The van der Waals surface area contributed by atoms with Gasteiger partial charge in [0, 0.05) is 33.8 Å². The number of amides is 1. The van der Waals surface area contributed by atoms with Gasteiger partial charge in [0.1, 0.15) is 0 Å². The Morgan fingerprint density at radius 2 is 1.97 bits per heavy atom. The predicted molar refractivity (Wildman–Crippen MR) is 125 cm³/mol. The van der Waals surface area contributed by atoms with Crippen LogP contribution >= 0.6 is 34.4 Å². The Hall–Kier alpha value is -2.49. The zero-order chi connectivity index (χ0) is 20.9. The number of aryl methyl sites for hydroxylation is 1. The Balaban J connectivity index is 1.35. The molecule has 4 rings (SSSR count). The number of thiophene rings is 1. The van der Waals surface area contributed by atoms with Gasteiger partial charge in [-0.05, 0) is 12.5 Å². The van der Waals surface area contributed by atoms with E-state index in [4.69, 9.17) is 0 Å². The number of anilines is 1. The van der Waals surface area contributed by atoms with Crippen LogP contribution < -0.4 is 5.32 Å². The van der Waals surface area contributed by atoms with Crippen LogP contribution in [0.5, 0.6) is 0 Å². The molecule has 0 aliphatic heterocycles. The van der Waals surface area contributed by atoms with Crippen molar-refractivity contribution in [3.8, 4) is 22.6 Å². The summed E-state index contributed by atoms with van der Waals surface area (Å²) >= 11 is 4.54. The molecule has 1 N–H and O–H groups in total. The van der Waals surface area contributed by atoms with Crippen LogP contribution in [0.25, 0.3) is 22.6 Å². The lowest BCUT2D eigenvalue weighted by atomic mass is 10.2.